The van der Waals surface area contributed by atoms with E-state index in [0.717, 1.165) is 28.8 Å². The quantitative estimate of drug-likeness (QED) is 0.687. The van der Waals surface area contributed by atoms with E-state index in [4.69, 9.17) is 4.52 Å². The smallest absolute Gasteiger partial charge is 0.140 e. The summed E-state index contributed by atoms with van der Waals surface area (Å²) in [6.45, 7) is 2.27. The number of benzene rings is 1. The van der Waals surface area contributed by atoms with Crippen LogP contribution in [0.15, 0.2) is 51.7 Å². The molecule has 130 valence electrons. The highest BCUT2D eigenvalue weighted by atomic mass is 79.9. The zero-order valence-electron chi connectivity index (χ0n) is 14.0. The van der Waals surface area contributed by atoms with Gasteiger partial charge in [0.05, 0.1) is 6.54 Å². The summed E-state index contributed by atoms with van der Waals surface area (Å²) in [7, 11) is 0. The Kier molecular flexibility index (Phi) is 4.48. The fourth-order valence-electron chi connectivity index (χ4n) is 3.45. The predicted molar refractivity (Wildman–Crippen MR) is 97.3 cm³/mol. The lowest BCUT2D eigenvalue weighted by Crippen LogP contribution is -2.19. The standard InChI is InChI=1S/C19H20BrN3O2/c1-12(24)19-21-6-7-23(19)11-17-10-18(25-22-17)15-8-14(9-15)13-2-4-16(20)5-3-13/h2-7,10,12,14-15,24H,8-9,11H2,1H3/t12-,14?,15?/m0/s1. The van der Waals surface area contributed by atoms with Crippen molar-refractivity contribution in [3.63, 3.8) is 0 Å². The summed E-state index contributed by atoms with van der Waals surface area (Å²) >= 11 is 3.48. The highest BCUT2D eigenvalue weighted by Crippen LogP contribution is 2.47. The van der Waals surface area contributed by atoms with E-state index in [1.54, 1.807) is 13.1 Å². The normalized spacial score (nSPS) is 21.1. The first kappa shape index (κ1) is 16.5. The Hall–Kier alpha value is -1.92. The lowest BCUT2D eigenvalue weighted by Gasteiger charge is -2.33. The second kappa shape index (κ2) is 6.77. The average molecular weight is 402 g/mol. The van der Waals surface area contributed by atoms with Gasteiger partial charge in [-0.3, -0.25) is 0 Å². The Balaban J connectivity index is 1.39. The first-order valence-corrected chi connectivity index (χ1v) is 9.29. The zero-order valence-corrected chi connectivity index (χ0v) is 15.6. The van der Waals surface area contributed by atoms with Gasteiger partial charge in [-0.25, -0.2) is 4.98 Å². The van der Waals surface area contributed by atoms with Crippen LogP contribution in [0, 0.1) is 0 Å². The first-order chi connectivity index (χ1) is 12.1. The molecule has 6 heteroatoms. The van der Waals surface area contributed by atoms with Gasteiger partial charge in [0.2, 0.25) is 0 Å². The van der Waals surface area contributed by atoms with E-state index >= 15 is 0 Å². The fourth-order valence-corrected chi connectivity index (χ4v) is 3.71. The molecule has 0 spiro atoms. The van der Waals surface area contributed by atoms with Crippen LogP contribution < -0.4 is 0 Å². The number of nitrogens with zero attached hydrogens (tertiary/aromatic N) is 3. The van der Waals surface area contributed by atoms with Crippen LogP contribution in [0.3, 0.4) is 0 Å². The van der Waals surface area contributed by atoms with Crippen molar-refractivity contribution in [3.8, 4) is 0 Å². The van der Waals surface area contributed by atoms with Gasteiger partial charge in [0.15, 0.2) is 0 Å². The Morgan fingerprint density at radius 3 is 2.76 bits per heavy atom. The summed E-state index contributed by atoms with van der Waals surface area (Å²) in [5, 5.41) is 13.9. The van der Waals surface area contributed by atoms with E-state index in [1.165, 1.54) is 5.56 Å². The summed E-state index contributed by atoms with van der Waals surface area (Å²) in [6, 6.07) is 10.6. The summed E-state index contributed by atoms with van der Waals surface area (Å²) in [6.07, 6.45) is 5.14. The van der Waals surface area contributed by atoms with Crippen LogP contribution in [-0.4, -0.2) is 19.8 Å². The molecule has 3 aromatic rings. The van der Waals surface area contributed by atoms with Crippen LogP contribution in [0.2, 0.25) is 0 Å². The second-order valence-electron chi connectivity index (χ2n) is 6.73. The molecule has 0 saturated heterocycles. The Morgan fingerprint density at radius 1 is 1.28 bits per heavy atom. The molecule has 0 bridgehead atoms. The van der Waals surface area contributed by atoms with Gasteiger partial charge in [-0.2, -0.15) is 0 Å². The van der Waals surface area contributed by atoms with Gasteiger partial charge >= 0.3 is 0 Å². The van der Waals surface area contributed by atoms with Gasteiger partial charge in [0.1, 0.15) is 23.4 Å². The monoisotopic (exact) mass is 401 g/mol. The maximum Gasteiger partial charge on any atom is 0.140 e. The molecule has 1 N–H and O–H groups in total. The van der Waals surface area contributed by atoms with Crippen molar-refractivity contribution in [3.05, 3.63) is 70.0 Å². The number of halogens is 1. The molecule has 1 saturated carbocycles. The number of aliphatic hydroxyl groups excluding tert-OH is 1. The van der Waals surface area contributed by atoms with Gasteiger partial charge < -0.3 is 14.2 Å². The molecule has 2 aromatic heterocycles. The molecule has 0 unspecified atom stereocenters. The van der Waals surface area contributed by atoms with Gasteiger partial charge in [0.25, 0.3) is 0 Å². The highest BCUT2D eigenvalue weighted by molar-refractivity contribution is 9.10. The van der Waals surface area contributed by atoms with E-state index in [2.05, 4.69) is 50.3 Å². The maximum absolute atomic E-state index is 9.74. The lowest BCUT2D eigenvalue weighted by molar-refractivity contribution is 0.184. The summed E-state index contributed by atoms with van der Waals surface area (Å²) in [5.41, 5.74) is 2.25. The number of hydrogen-bond donors (Lipinski definition) is 1. The number of aliphatic hydroxyl groups is 1. The molecule has 1 aliphatic carbocycles. The van der Waals surface area contributed by atoms with Crippen molar-refractivity contribution in [2.75, 3.05) is 0 Å². The molecular formula is C19H20BrN3O2. The molecular weight excluding hydrogens is 382 g/mol. The van der Waals surface area contributed by atoms with Crippen LogP contribution in [0.25, 0.3) is 0 Å². The van der Waals surface area contributed by atoms with E-state index < -0.39 is 6.10 Å². The molecule has 25 heavy (non-hydrogen) atoms. The minimum absolute atomic E-state index is 0.439. The predicted octanol–water partition coefficient (Wildman–Crippen LogP) is 4.40. The number of aromatic nitrogens is 3. The summed E-state index contributed by atoms with van der Waals surface area (Å²) < 4.78 is 8.58. The molecule has 5 nitrogen and oxygen atoms in total. The molecule has 0 aliphatic heterocycles. The summed E-state index contributed by atoms with van der Waals surface area (Å²) in [4.78, 5) is 4.18. The topological polar surface area (TPSA) is 64.1 Å². The minimum Gasteiger partial charge on any atom is -0.385 e. The SMILES string of the molecule is C[C@H](O)c1nccn1Cc1cc(C2CC(c3ccc(Br)cc3)C2)on1. The Bertz CT molecular complexity index is 848. The molecule has 1 atom stereocenters. The molecule has 1 aromatic carbocycles. The lowest BCUT2D eigenvalue weighted by atomic mass is 9.70. The van der Waals surface area contributed by atoms with Gasteiger partial charge in [-0.15, -0.1) is 0 Å². The number of hydrogen-bond acceptors (Lipinski definition) is 4. The summed E-state index contributed by atoms with van der Waals surface area (Å²) in [5.74, 6) is 2.64. The Morgan fingerprint density at radius 2 is 2.04 bits per heavy atom. The molecule has 0 amide bonds. The van der Waals surface area contributed by atoms with Crippen LogP contribution in [0.1, 0.15) is 60.5 Å². The third-order valence-electron chi connectivity index (χ3n) is 4.91. The molecule has 1 aliphatic rings. The van der Waals surface area contributed by atoms with Crippen LogP contribution >= 0.6 is 15.9 Å². The van der Waals surface area contributed by atoms with Gasteiger partial charge in [-0.05, 0) is 43.4 Å². The van der Waals surface area contributed by atoms with Gasteiger partial charge in [0, 0.05) is 28.9 Å². The fraction of sp³-hybridized carbons (Fsp3) is 0.368. The largest absolute Gasteiger partial charge is 0.385 e. The second-order valence-corrected chi connectivity index (χ2v) is 7.64. The Labute approximate surface area is 154 Å². The average Bonchev–Trinajstić information content (AvgIpc) is 3.18. The van der Waals surface area contributed by atoms with Crippen molar-refractivity contribution >= 4 is 15.9 Å². The third kappa shape index (κ3) is 3.41. The van der Waals surface area contributed by atoms with Crippen molar-refractivity contribution in [2.24, 2.45) is 0 Å². The molecule has 0 radical (unpaired) electrons. The molecule has 2 heterocycles. The van der Waals surface area contributed by atoms with Crippen LogP contribution in [-0.2, 0) is 6.54 Å². The number of rotatable bonds is 5. The third-order valence-corrected chi connectivity index (χ3v) is 5.44. The molecule has 4 rings (SSSR count). The van der Waals surface area contributed by atoms with E-state index in [-0.39, 0.29) is 0 Å². The maximum atomic E-state index is 9.74. The highest BCUT2D eigenvalue weighted by Gasteiger charge is 2.34. The number of imidazole rings is 1. The van der Waals surface area contributed by atoms with Gasteiger partial charge in [-0.1, -0.05) is 33.2 Å². The van der Waals surface area contributed by atoms with E-state index in [0.29, 0.717) is 24.2 Å². The zero-order chi connectivity index (χ0) is 17.4. The van der Waals surface area contributed by atoms with Crippen molar-refractivity contribution in [1.82, 2.24) is 14.7 Å². The van der Waals surface area contributed by atoms with Crippen molar-refractivity contribution in [1.29, 1.82) is 0 Å². The van der Waals surface area contributed by atoms with Crippen LogP contribution in [0.5, 0.6) is 0 Å². The van der Waals surface area contributed by atoms with Crippen molar-refractivity contribution in [2.45, 2.75) is 44.2 Å². The van der Waals surface area contributed by atoms with E-state index in [9.17, 15) is 5.11 Å². The van der Waals surface area contributed by atoms with E-state index in [1.807, 2.05) is 16.8 Å². The molecule has 1 fully saturated rings. The first-order valence-electron chi connectivity index (χ1n) is 8.50. The minimum atomic E-state index is -0.598. The van der Waals surface area contributed by atoms with Crippen molar-refractivity contribution < 1.29 is 9.63 Å². The van der Waals surface area contributed by atoms with Crippen LogP contribution in [0.4, 0.5) is 0 Å².